The maximum absolute atomic E-state index is 13.5. The third-order valence-corrected chi connectivity index (χ3v) is 16.5. The number of carboxylic acids is 2. The van der Waals surface area contributed by atoms with Gasteiger partial charge in [-0.2, -0.15) is 0 Å². The number of carboxylic acid groups (broad SMARTS) is 2. The first-order chi connectivity index (χ1) is 42.6. The Kier molecular flexibility index (Phi) is 26.0. The van der Waals surface area contributed by atoms with Gasteiger partial charge in [-0.15, -0.1) is 0 Å². The quantitative estimate of drug-likeness (QED) is 0.0404. The van der Waals surface area contributed by atoms with Crippen molar-refractivity contribution < 1.29 is 209 Å². The predicted octanol–water partition coefficient (Wildman–Crippen LogP) is -18.9. The van der Waals surface area contributed by atoms with E-state index in [1.54, 1.807) is 0 Å². The van der Waals surface area contributed by atoms with Crippen molar-refractivity contribution in [1.29, 1.82) is 0 Å². The average molecular weight is 1340 g/mol. The number of ether oxygens (including phenoxy) is 13. The Labute approximate surface area is 510 Å². The first kappa shape index (κ1) is 75.8. The van der Waals surface area contributed by atoms with Gasteiger partial charge in [0.1, 0.15) is 177 Å². The van der Waals surface area contributed by atoms with E-state index in [2.05, 4.69) is 0 Å². The summed E-state index contributed by atoms with van der Waals surface area (Å²) in [5.41, 5.74) is 5.66. The van der Waals surface area contributed by atoms with Crippen LogP contribution in [-0.4, -0.2) is 428 Å². The largest absolute Gasteiger partial charge is 0.477 e. The van der Waals surface area contributed by atoms with Crippen molar-refractivity contribution in [3.63, 3.8) is 0 Å². The van der Waals surface area contributed by atoms with Crippen molar-refractivity contribution in [3.8, 4) is 0 Å². The predicted molar refractivity (Wildman–Crippen MR) is 270 cm³/mol. The van der Waals surface area contributed by atoms with Gasteiger partial charge in [-0.3, -0.25) is 0 Å². The minimum absolute atomic E-state index is 0.424. The number of aliphatic hydroxyl groups is 25. The fraction of sp³-hybridized carbons (Fsp3) is 0.958. The van der Waals surface area contributed by atoms with Crippen LogP contribution in [0.3, 0.4) is 0 Å². The van der Waals surface area contributed by atoms with Gasteiger partial charge in [0, 0.05) is 6.42 Å². The van der Waals surface area contributed by atoms with Crippen molar-refractivity contribution in [1.82, 2.24) is 0 Å². The normalized spacial score (nSPS) is 49.3. The van der Waals surface area contributed by atoms with Gasteiger partial charge in [0.25, 0.3) is 11.6 Å². The second kappa shape index (κ2) is 31.3. The van der Waals surface area contributed by atoms with Crippen molar-refractivity contribution in [2.45, 2.75) is 239 Å². The molecule has 0 aliphatic carbocycles. The lowest BCUT2D eigenvalue weighted by Gasteiger charge is -2.53. The van der Waals surface area contributed by atoms with E-state index in [0.717, 1.165) is 0 Å². The highest BCUT2D eigenvalue weighted by molar-refractivity contribution is 5.77. The molecule has 0 aromatic heterocycles. The van der Waals surface area contributed by atoms with E-state index >= 15 is 0 Å². The van der Waals surface area contributed by atoms with Crippen molar-refractivity contribution in [3.05, 3.63) is 0 Å². The second-order valence-electron chi connectivity index (χ2n) is 22.8. The van der Waals surface area contributed by atoms with Crippen molar-refractivity contribution in [2.24, 2.45) is 5.73 Å². The third kappa shape index (κ3) is 15.6. The number of aliphatic hydroxyl groups excluding tert-OH is 24. The molecule has 0 saturated carbocycles. The summed E-state index contributed by atoms with van der Waals surface area (Å²) < 4.78 is 72.5. The zero-order valence-electron chi connectivity index (χ0n) is 47.2. The maximum Gasteiger partial charge on any atom is 0.367 e. The molecule has 91 heavy (non-hydrogen) atoms. The number of hydrogen-bond acceptors (Lipinski definition) is 41. The number of rotatable bonds is 25. The summed E-state index contributed by atoms with van der Waals surface area (Å²) >= 11 is 0. The highest BCUT2D eigenvalue weighted by Crippen LogP contribution is 2.43. The first-order valence-electron chi connectivity index (χ1n) is 28.1. The van der Waals surface area contributed by atoms with E-state index in [0.29, 0.717) is 0 Å². The summed E-state index contributed by atoms with van der Waals surface area (Å²) in [5.74, 6) is -12.6. The molecule has 0 amide bonds. The van der Waals surface area contributed by atoms with Crippen LogP contribution in [0.25, 0.3) is 0 Å². The number of aliphatic carboxylic acids is 2. The van der Waals surface area contributed by atoms with Gasteiger partial charge in [-0.1, -0.05) is 0 Å². The lowest BCUT2D eigenvalue weighted by Crippen LogP contribution is -2.73. The molecule has 7 aliphatic rings. The van der Waals surface area contributed by atoms with Gasteiger partial charge in [0.05, 0.1) is 58.4 Å². The Hall–Kier alpha value is -2.62. The van der Waals surface area contributed by atoms with E-state index in [9.17, 15) is 147 Å². The van der Waals surface area contributed by atoms with Crippen LogP contribution in [0, 0.1) is 0 Å². The third-order valence-electron chi connectivity index (χ3n) is 16.5. The zero-order chi connectivity index (χ0) is 67.8. The number of nitrogens with two attached hydrogens (primary N) is 1. The molecule has 7 fully saturated rings. The molecule has 43 heteroatoms. The fourth-order valence-electron chi connectivity index (χ4n) is 11.2. The molecule has 0 unspecified atom stereocenters. The molecule has 0 radical (unpaired) electrons. The van der Waals surface area contributed by atoms with Gasteiger partial charge in [-0.05, 0) is 0 Å². The smallest absolute Gasteiger partial charge is 0.367 e. The van der Waals surface area contributed by atoms with Crippen LogP contribution < -0.4 is 5.73 Å². The molecular formula is C48H81NO42. The van der Waals surface area contributed by atoms with Gasteiger partial charge < -0.3 is 205 Å². The van der Waals surface area contributed by atoms with Crippen LogP contribution in [0.4, 0.5) is 0 Å². The molecule has 7 aliphatic heterocycles. The minimum atomic E-state index is -3.96. The Morgan fingerprint density at radius 1 is 0.451 bits per heavy atom. The van der Waals surface area contributed by atoms with Gasteiger partial charge >= 0.3 is 11.9 Å². The molecule has 43 nitrogen and oxygen atoms in total. The molecule has 7 heterocycles. The van der Waals surface area contributed by atoms with Gasteiger partial charge in [0.15, 0.2) is 31.5 Å². The molecule has 38 atom stereocenters. The Morgan fingerprint density at radius 3 is 1.45 bits per heavy atom. The summed E-state index contributed by atoms with van der Waals surface area (Å²) in [6.45, 7) is -7.85. The minimum Gasteiger partial charge on any atom is -0.477 e. The average Bonchev–Trinajstić information content (AvgIpc) is 0.749. The fourth-order valence-corrected chi connectivity index (χ4v) is 11.2. The van der Waals surface area contributed by atoms with Crippen LogP contribution in [0.15, 0.2) is 0 Å². The van der Waals surface area contributed by atoms with E-state index in [1.165, 1.54) is 0 Å². The molecule has 7 rings (SSSR count). The van der Waals surface area contributed by atoms with E-state index in [-0.39, 0.29) is 0 Å². The van der Waals surface area contributed by atoms with Crippen LogP contribution in [-0.2, 0) is 71.2 Å². The lowest BCUT2D eigenvalue weighted by atomic mass is 9.88. The molecule has 0 aromatic rings. The molecular weight excluding hydrogens is 1260 g/mol. The zero-order valence-corrected chi connectivity index (χ0v) is 47.2. The lowest BCUT2D eigenvalue weighted by molar-refractivity contribution is -0.419. The topological polar surface area (TPSA) is 726 Å². The highest BCUT2D eigenvalue weighted by atomic mass is 16.8. The van der Waals surface area contributed by atoms with Crippen LogP contribution in [0.5, 0.6) is 0 Å². The van der Waals surface area contributed by atoms with E-state index in [4.69, 9.17) is 67.3 Å². The standard InChI is InChI=1S/C48H81NO42/c49-9-6-79-40(26(68)17(9)59)80-8-14(58)33-24(66)25(67)39(73)48(91-33,46(76)77)89-15-1-47(78,45(74)75)90-35(12(56)4-52)36(15)86-44-30(72)37(38(34(85-44)11(55)3-51)88-42-28(70)19(61)18(60)16(5-53)82-42)87-43-29(71)21(63)23(65)32(84-43)13(57)7-81-41-27(69)20(62)22(64)31(83-41)10(54)2-50/h9-44,50-73,78H,1-8,49H2,(H,74,75)(H,76,77)/t9-,10-,11-,12+,13-,14+,15+,16+,17-,18+,19-,20-,21-,22-,23-,24+,25-,26+,27-,28+,29-,30-,31+,32+,33+,34+,35+,36+,37+,38+,39-,40-,41-,42-,43+,44+,47+,48+/m0/s1. The summed E-state index contributed by atoms with van der Waals surface area (Å²) in [6.07, 6.45) is -83.9. The molecule has 530 valence electrons. The second-order valence-corrected chi connectivity index (χ2v) is 22.8. The maximum atomic E-state index is 13.5. The molecule has 0 spiro atoms. The Bertz CT molecular complexity index is 2310. The molecule has 0 bridgehead atoms. The summed E-state index contributed by atoms with van der Waals surface area (Å²) in [7, 11) is 0. The summed E-state index contributed by atoms with van der Waals surface area (Å²) in [4.78, 5) is 26.3. The number of hydrogen-bond donors (Lipinski definition) is 28. The van der Waals surface area contributed by atoms with E-state index in [1.807, 2.05) is 0 Å². The van der Waals surface area contributed by atoms with Crippen molar-refractivity contribution in [2.75, 3.05) is 46.2 Å². The SMILES string of the molecule is N[C@H]1CO[C@@H](OC[C@@H](O)[C@H]2O[C@@](O[C@@H]3C[C@](O)(C(=O)O)O[C@H]([C@H](O)CO)[C@@H]3O[C@H]3O[C@H]([C@@H](O)CO)[C@@H](O[C@@H]4O[C@H](CO)[C@@H](O)[C@H](O)[C@H]4O)[C@H](O[C@H]4O[C@H]([C@@H](O)CO[C@H]5O[C@H]([C@@H](O)CO)[C@@H](O)[C@H](O)[C@@H]5O)[C@@H](O)[C@H](O)[C@@H]4O)[C@@H]3O)(C(=O)O)[C@@H](O)[C@@H](O)[C@H]2O)[C@H](O)[C@H]1O. The molecule has 0 aromatic carbocycles. The van der Waals surface area contributed by atoms with E-state index < -0.39 is 297 Å². The highest BCUT2D eigenvalue weighted by Gasteiger charge is 2.66. The monoisotopic (exact) mass is 1340 g/mol. The number of carbonyl (C=O) groups is 2. The summed E-state index contributed by atoms with van der Waals surface area (Å²) in [6, 6.07) is -1.13. The summed E-state index contributed by atoms with van der Waals surface area (Å²) in [5, 5.41) is 292. The molecule has 29 N–H and O–H groups in total. The van der Waals surface area contributed by atoms with Crippen LogP contribution in [0.2, 0.25) is 0 Å². The Balaban J connectivity index is 1.26. The van der Waals surface area contributed by atoms with Gasteiger partial charge in [0.2, 0.25) is 0 Å². The first-order valence-corrected chi connectivity index (χ1v) is 28.1. The van der Waals surface area contributed by atoms with Crippen molar-refractivity contribution >= 4 is 11.9 Å². The van der Waals surface area contributed by atoms with Crippen LogP contribution >= 0.6 is 0 Å². The van der Waals surface area contributed by atoms with Crippen LogP contribution in [0.1, 0.15) is 6.42 Å². The molecule has 7 saturated heterocycles. The Morgan fingerprint density at radius 2 is 0.890 bits per heavy atom. The van der Waals surface area contributed by atoms with Gasteiger partial charge in [-0.25, -0.2) is 9.59 Å².